The highest BCUT2D eigenvalue weighted by Crippen LogP contribution is 2.16. The summed E-state index contributed by atoms with van der Waals surface area (Å²) in [6, 6.07) is -0.616. The molecule has 4 heteroatoms. The van der Waals surface area contributed by atoms with E-state index >= 15 is 0 Å². The molecule has 0 saturated carbocycles. The van der Waals surface area contributed by atoms with E-state index in [1.165, 1.54) is 212 Å². The lowest BCUT2D eigenvalue weighted by molar-refractivity contribution is -0.123. The first kappa shape index (κ1) is 49.1. The summed E-state index contributed by atoms with van der Waals surface area (Å²) in [5, 5.41) is 23.0. The lowest BCUT2D eigenvalue weighted by Crippen LogP contribution is -2.45. The van der Waals surface area contributed by atoms with Crippen molar-refractivity contribution in [2.75, 3.05) is 6.61 Å². The maximum absolute atomic E-state index is 12.4. The number of carbonyl (C=O) groups excluding carboxylic acids is 1. The van der Waals surface area contributed by atoms with Gasteiger partial charge in [0.2, 0.25) is 5.91 Å². The van der Waals surface area contributed by atoms with Crippen molar-refractivity contribution >= 4 is 5.91 Å². The van der Waals surface area contributed by atoms with E-state index in [1.807, 2.05) is 6.08 Å². The Balaban J connectivity index is 3.51. The zero-order valence-electron chi connectivity index (χ0n) is 34.2. The largest absolute Gasteiger partial charge is 0.394 e. The number of hydrogen-bond acceptors (Lipinski definition) is 3. The molecule has 0 radical (unpaired) electrons. The summed E-state index contributed by atoms with van der Waals surface area (Å²) in [6.45, 7) is 4.33. The minimum atomic E-state index is -0.833. The van der Waals surface area contributed by atoms with Gasteiger partial charge in [-0.15, -0.1) is 0 Å². The van der Waals surface area contributed by atoms with Crippen molar-refractivity contribution in [1.29, 1.82) is 0 Å². The molecule has 1 amide bonds. The first-order valence-corrected chi connectivity index (χ1v) is 22.9. The van der Waals surface area contributed by atoms with E-state index in [4.69, 9.17) is 0 Å². The van der Waals surface area contributed by atoms with Crippen LogP contribution in [0.15, 0.2) is 12.2 Å². The Morgan fingerprint density at radius 2 is 0.740 bits per heavy atom. The molecule has 0 aliphatic carbocycles. The van der Waals surface area contributed by atoms with E-state index in [0.717, 1.165) is 25.7 Å². The summed E-state index contributed by atoms with van der Waals surface area (Å²) in [6.07, 6.45) is 53.2. The van der Waals surface area contributed by atoms with Crippen molar-refractivity contribution in [2.45, 2.75) is 270 Å². The van der Waals surface area contributed by atoms with Gasteiger partial charge >= 0.3 is 0 Å². The van der Waals surface area contributed by atoms with Crippen LogP contribution >= 0.6 is 0 Å². The molecular weight excluding hydrogens is 615 g/mol. The van der Waals surface area contributed by atoms with Gasteiger partial charge in [-0.1, -0.05) is 244 Å². The van der Waals surface area contributed by atoms with Crippen LogP contribution in [-0.4, -0.2) is 34.9 Å². The summed E-state index contributed by atoms with van der Waals surface area (Å²) in [4.78, 5) is 12.4. The number of aliphatic hydroxyl groups is 2. The number of hydrogen-bond donors (Lipinski definition) is 3. The monoisotopic (exact) mass is 706 g/mol. The number of allylic oxidation sites excluding steroid dienone is 1. The summed E-state index contributed by atoms with van der Waals surface area (Å²) in [7, 11) is 0. The molecule has 0 aromatic carbocycles. The SMILES string of the molecule is CCCCCCCCCCCCCCCCC/C=C/[C@@H](O)[C@H](CO)NC(=O)CCCCCCCCCCCCCCCCCCCCCCC. The Morgan fingerprint density at radius 1 is 0.460 bits per heavy atom. The summed E-state index contributed by atoms with van der Waals surface area (Å²) in [5.74, 6) is -0.0586. The van der Waals surface area contributed by atoms with E-state index in [2.05, 4.69) is 19.2 Å². The van der Waals surface area contributed by atoms with Crippen LogP contribution in [0.25, 0.3) is 0 Å². The van der Waals surface area contributed by atoms with E-state index < -0.39 is 12.1 Å². The summed E-state index contributed by atoms with van der Waals surface area (Å²) < 4.78 is 0. The highest BCUT2D eigenvalue weighted by molar-refractivity contribution is 5.76. The molecule has 0 saturated heterocycles. The molecule has 0 aliphatic heterocycles. The molecule has 0 rings (SSSR count). The second-order valence-corrected chi connectivity index (χ2v) is 15.8. The third-order valence-electron chi connectivity index (χ3n) is 10.8. The average molecular weight is 706 g/mol. The van der Waals surface area contributed by atoms with Crippen LogP contribution in [-0.2, 0) is 4.79 Å². The van der Waals surface area contributed by atoms with Crippen molar-refractivity contribution in [3.8, 4) is 0 Å². The molecular formula is C46H91NO3. The van der Waals surface area contributed by atoms with Gasteiger partial charge in [0.1, 0.15) is 0 Å². The van der Waals surface area contributed by atoms with Gasteiger partial charge in [0.25, 0.3) is 0 Å². The highest BCUT2D eigenvalue weighted by Gasteiger charge is 2.17. The van der Waals surface area contributed by atoms with Crippen molar-refractivity contribution in [3.05, 3.63) is 12.2 Å². The van der Waals surface area contributed by atoms with Crippen LogP contribution in [0.2, 0.25) is 0 Å². The molecule has 3 N–H and O–H groups in total. The molecule has 4 nitrogen and oxygen atoms in total. The summed E-state index contributed by atoms with van der Waals surface area (Å²) >= 11 is 0. The Morgan fingerprint density at radius 3 is 1.04 bits per heavy atom. The lowest BCUT2D eigenvalue weighted by atomic mass is 10.0. The maximum Gasteiger partial charge on any atom is 0.220 e. The third-order valence-corrected chi connectivity index (χ3v) is 10.8. The predicted molar refractivity (Wildman–Crippen MR) is 221 cm³/mol. The maximum atomic E-state index is 12.4. The third kappa shape index (κ3) is 38.4. The molecule has 0 heterocycles. The zero-order valence-corrected chi connectivity index (χ0v) is 34.2. The number of aliphatic hydroxyl groups excluding tert-OH is 2. The molecule has 0 fully saturated rings. The molecule has 0 aromatic heterocycles. The van der Waals surface area contributed by atoms with Gasteiger partial charge in [0.05, 0.1) is 18.8 Å². The quantitative estimate of drug-likeness (QED) is 0.0437. The predicted octanol–water partition coefficient (Wildman–Crippen LogP) is 14.2. The van der Waals surface area contributed by atoms with E-state index in [9.17, 15) is 15.0 Å². The number of rotatable bonds is 42. The van der Waals surface area contributed by atoms with Crippen LogP contribution < -0.4 is 5.32 Å². The van der Waals surface area contributed by atoms with Crippen molar-refractivity contribution in [3.63, 3.8) is 0 Å². The van der Waals surface area contributed by atoms with Crippen molar-refractivity contribution < 1.29 is 15.0 Å². The second kappa shape index (κ2) is 42.5. The number of unbranched alkanes of at least 4 members (excludes halogenated alkanes) is 35. The van der Waals surface area contributed by atoms with E-state index in [1.54, 1.807) is 6.08 Å². The van der Waals surface area contributed by atoms with Gasteiger partial charge in [-0.3, -0.25) is 4.79 Å². The zero-order chi connectivity index (χ0) is 36.4. The molecule has 0 unspecified atom stereocenters. The average Bonchev–Trinajstić information content (AvgIpc) is 3.12. The van der Waals surface area contributed by atoms with E-state index in [-0.39, 0.29) is 12.5 Å². The molecule has 0 aliphatic rings. The smallest absolute Gasteiger partial charge is 0.220 e. The van der Waals surface area contributed by atoms with Crippen LogP contribution in [0.1, 0.15) is 258 Å². The lowest BCUT2D eigenvalue weighted by Gasteiger charge is -2.20. The highest BCUT2D eigenvalue weighted by atomic mass is 16.3. The molecule has 50 heavy (non-hydrogen) atoms. The van der Waals surface area contributed by atoms with Crippen molar-refractivity contribution in [1.82, 2.24) is 5.32 Å². The van der Waals surface area contributed by atoms with Gasteiger partial charge in [0, 0.05) is 6.42 Å². The Labute approximate surface area is 314 Å². The fourth-order valence-electron chi connectivity index (χ4n) is 7.24. The standard InChI is InChI=1S/C46H91NO3/c1-3-5-7-9-11-13-15-17-19-21-22-23-24-26-28-30-32-34-36-38-40-42-46(50)47-44(43-48)45(49)41-39-37-35-33-31-29-27-25-20-18-16-14-12-10-8-6-4-2/h39,41,44-45,48-49H,3-38,40,42-43H2,1-2H3,(H,47,50)/b41-39+/t44-,45+/m0/s1. The van der Waals surface area contributed by atoms with Gasteiger partial charge < -0.3 is 15.5 Å². The van der Waals surface area contributed by atoms with Crippen LogP contribution in [0.3, 0.4) is 0 Å². The number of amides is 1. The molecule has 0 bridgehead atoms. The first-order valence-electron chi connectivity index (χ1n) is 22.9. The molecule has 2 atom stereocenters. The van der Waals surface area contributed by atoms with Gasteiger partial charge in [-0.05, 0) is 19.3 Å². The Bertz CT molecular complexity index is 680. The van der Waals surface area contributed by atoms with E-state index in [0.29, 0.717) is 6.42 Å². The fraction of sp³-hybridized carbons (Fsp3) is 0.935. The minimum absolute atomic E-state index is 0.0586. The Hall–Kier alpha value is -0.870. The van der Waals surface area contributed by atoms with Crippen LogP contribution in [0.4, 0.5) is 0 Å². The minimum Gasteiger partial charge on any atom is -0.394 e. The molecule has 298 valence electrons. The second-order valence-electron chi connectivity index (χ2n) is 15.8. The van der Waals surface area contributed by atoms with Gasteiger partial charge in [-0.2, -0.15) is 0 Å². The van der Waals surface area contributed by atoms with Gasteiger partial charge in [0.15, 0.2) is 0 Å². The number of carbonyl (C=O) groups is 1. The topological polar surface area (TPSA) is 69.6 Å². The Kier molecular flexibility index (Phi) is 41.8. The van der Waals surface area contributed by atoms with Crippen molar-refractivity contribution in [2.24, 2.45) is 0 Å². The molecule has 0 spiro atoms. The van der Waals surface area contributed by atoms with Gasteiger partial charge in [-0.25, -0.2) is 0 Å². The molecule has 0 aromatic rings. The normalized spacial score (nSPS) is 13.0. The first-order chi connectivity index (χ1) is 24.7. The number of nitrogens with one attached hydrogen (secondary N) is 1. The fourth-order valence-corrected chi connectivity index (χ4v) is 7.24. The van der Waals surface area contributed by atoms with Crippen LogP contribution in [0, 0.1) is 0 Å². The van der Waals surface area contributed by atoms with Crippen LogP contribution in [0.5, 0.6) is 0 Å². The summed E-state index contributed by atoms with van der Waals surface area (Å²) in [5.41, 5.74) is 0.